The third-order valence-corrected chi connectivity index (χ3v) is 3.50. The van der Waals surface area contributed by atoms with Crippen molar-refractivity contribution >= 4 is 5.91 Å². The molecule has 76 valence electrons. The third kappa shape index (κ3) is 1.70. The molecule has 3 nitrogen and oxygen atoms in total. The summed E-state index contributed by atoms with van der Waals surface area (Å²) in [4.78, 5) is 13.5. The van der Waals surface area contributed by atoms with Crippen molar-refractivity contribution < 1.29 is 4.79 Å². The maximum Gasteiger partial charge on any atom is 0.225 e. The zero-order valence-corrected chi connectivity index (χ0v) is 9.00. The van der Waals surface area contributed by atoms with Crippen molar-refractivity contribution in [2.24, 2.45) is 11.1 Å². The van der Waals surface area contributed by atoms with Gasteiger partial charge in [0.05, 0.1) is 5.41 Å². The number of carbonyl (C=O) groups excluding carboxylic acids is 1. The highest BCUT2D eigenvalue weighted by atomic mass is 16.1. The van der Waals surface area contributed by atoms with E-state index in [1.165, 1.54) is 0 Å². The first kappa shape index (κ1) is 10.5. The van der Waals surface area contributed by atoms with Crippen molar-refractivity contribution in [1.82, 2.24) is 4.90 Å². The molecule has 1 aliphatic carbocycles. The van der Waals surface area contributed by atoms with Gasteiger partial charge in [-0.1, -0.05) is 0 Å². The Balaban J connectivity index is 2.67. The molecule has 1 atom stereocenters. The first-order valence-electron chi connectivity index (χ1n) is 4.93. The molecule has 2 N–H and O–H groups in total. The number of amides is 1. The number of nitrogens with two attached hydrogens (primary N) is 1. The molecule has 3 heteroatoms. The van der Waals surface area contributed by atoms with Gasteiger partial charge in [0, 0.05) is 12.1 Å². The van der Waals surface area contributed by atoms with E-state index in [0.29, 0.717) is 6.04 Å². The predicted molar refractivity (Wildman–Crippen MR) is 53.2 cm³/mol. The fourth-order valence-corrected chi connectivity index (χ4v) is 1.84. The molecule has 0 radical (unpaired) electrons. The van der Waals surface area contributed by atoms with Crippen molar-refractivity contribution in [2.45, 2.75) is 45.7 Å². The fraction of sp³-hybridized carbons (Fsp3) is 0.900. The normalized spacial score (nSPS) is 22.0. The maximum absolute atomic E-state index is 11.2. The molecular formula is C10H20N2O. The molecule has 1 unspecified atom stereocenters. The Kier molecular flexibility index (Phi) is 2.66. The van der Waals surface area contributed by atoms with E-state index in [-0.39, 0.29) is 17.4 Å². The van der Waals surface area contributed by atoms with Crippen LogP contribution in [-0.4, -0.2) is 29.9 Å². The van der Waals surface area contributed by atoms with Crippen molar-refractivity contribution in [3.05, 3.63) is 0 Å². The molecule has 13 heavy (non-hydrogen) atoms. The molecule has 0 aromatic carbocycles. The van der Waals surface area contributed by atoms with E-state index in [4.69, 9.17) is 5.73 Å². The molecule has 0 spiro atoms. The summed E-state index contributed by atoms with van der Waals surface area (Å²) in [5.74, 6) is -0.132. The zero-order valence-electron chi connectivity index (χ0n) is 9.00. The largest absolute Gasteiger partial charge is 0.369 e. The van der Waals surface area contributed by atoms with Gasteiger partial charge in [0.25, 0.3) is 0 Å². The Morgan fingerprint density at radius 1 is 1.38 bits per heavy atom. The van der Waals surface area contributed by atoms with Crippen LogP contribution in [0.25, 0.3) is 0 Å². The molecule has 0 aliphatic heterocycles. The summed E-state index contributed by atoms with van der Waals surface area (Å²) in [5.41, 5.74) is 5.18. The average Bonchev–Trinajstić information content (AvgIpc) is 2.81. The molecule has 1 amide bonds. The van der Waals surface area contributed by atoms with Crippen LogP contribution >= 0.6 is 0 Å². The van der Waals surface area contributed by atoms with Crippen LogP contribution in [0.5, 0.6) is 0 Å². The lowest BCUT2D eigenvalue weighted by Gasteiger charge is -2.33. The molecule has 0 heterocycles. The quantitative estimate of drug-likeness (QED) is 0.708. The fourth-order valence-electron chi connectivity index (χ4n) is 1.84. The second-order valence-electron chi connectivity index (χ2n) is 4.46. The molecule has 0 aromatic rings. The molecule has 1 aliphatic rings. The van der Waals surface area contributed by atoms with Gasteiger partial charge in [-0.3, -0.25) is 4.79 Å². The summed E-state index contributed by atoms with van der Waals surface area (Å²) in [6, 6.07) is 0.733. The Morgan fingerprint density at radius 3 is 2.08 bits per heavy atom. The Labute approximate surface area is 80.3 Å². The summed E-state index contributed by atoms with van der Waals surface area (Å²) in [7, 11) is 2.05. The van der Waals surface area contributed by atoms with Crippen molar-refractivity contribution in [3.8, 4) is 0 Å². The minimum absolute atomic E-state index is 0.132. The minimum atomic E-state index is -0.223. The van der Waals surface area contributed by atoms with Crippen LogP contribution in [0.4, 0.5) is 0 Å². The van der Waals surface area contributed by atoms with Gasteiger partial charge >= 0.3 is 0 Å². The average molecular weight is 184 g/mol. The summed E-state index contributed by atoms with van der Waals surface area (Å²) < 4.78 is 0. The van der Waals surface area contributed by atoms with Gasteiger partial charge in [0.2, 0.25) is 5.91 Å². The highest BCUT2D eigenvalue weighted by Crippen LogP contribution is 2.50. The zero-order chi connectivity index (χ0) is 10.2. The van der Waals surface area contributed by atoms with E-state index in [0.717, 1.165) is 12.8 Å². The molecular weight excluding hydrogens is 164 g/mol. The van der Waals surface area contributed by atoms with Gasteiger partial charge in [0.15, 0.2) is 0 Å². The number of hydrogen-bond donors (Lipinski definition) is 1. The summed E-state index contributed by atoms with van der Waals surface area (Å²) in [6.45, 7) is 6.36. The molecule has 1 fully saturated rings. The van der Waals surface area contributed by atoms with E-state index < -0.39 is 0 Å². The van der Waals surface area contributed by atoms with Crippen molar-refractivity contribution in [3.63, 3.8) is 0 Å². The second kappa shape index (κ2) is 3.29. The van der Waals surface area contributed by atoms with Crippen molar-refractivity contribution in [2.75, 3.05) is 7.05 Å². The number of primary amides is 1. The van der Waals surface area contributed by atoms with Crippen molar-refractivity contribution in [1.29, 1.82) is 0 Å². The lowest BCUT2D eigenvalue weighted by molar-refractivity contribution is -0.125. The van der Waals surface area contributed by atoms with Crippen LogP contribution < -0.4 is 5.73 Å². The van der Waals surface area contributed by atoms with Crippen LogP contribution in [0.2, 0.25) is 0 Å². The SMILES string of the molecule is CC(C)N(C)C(C)C1(C(N)=O)CC1. The molecule has 1 saturated carbocycles. The topological polar surface area (TPSA) is 46.3 Å². The lowest BCUT2D eigenvalue weighted by atomic mass is 9.95. The summed E-state index contributed by atoms with van der Waals surface area (Å²) >= 11 is 0. The molecule has 0 bridgehead atoms. The van der Waals surface area contributed by atoms with Gasteiger partial charge < -0.3 is 10.6 Å². The Morgan fingerprint density at radius 2 is 1.85 bits per heavy atom. The molecule has 1 rings (SSSR count). The van der Waals surface area contributed by atoms with E-state index in [1.54, 1.807) is 0 Å². The second-order valence-corrected chi connectivity index (χ2v) is 4.46. The lowest BCUT2D eigenvalue weighted by Crippen LogP contribution is -2.46. The highest BCUT2D eigenvalue weighted by Gasteiger charge is 2.54. The van der Waals surface area contributed by atoms with E-state index in [1.807, 2.05) is 0 Å². The van der Waals surface area contributed by atoms with Gasteiger partial charge in [-0.15, -0.1) is 0 Å². The Bertz CT molecular complexity index is 209. The maximum atomic E-state index is 11.2. The van der Waals surface area contributed by atoms with Gasteiger partial charge in [-0.2, -0.15) is 0 Å². The first-order chi connectivity index (χ1) is 5.92. The standard InChI is InChI=1S/C10H20N2O/c1-7(2)12(4)8(3)10(5-6-10)9(11)13/h7-8H,5-6H2,1-4H3,(H2,11,13). The van der Waals surface area contributed by atoms with E-state index in [9.17, 15) is 4.79 Å². The van der Waals surface area contributed by atoms with Gasteiger partial charge in [-0.25, -0.2) is 0 Å². The monoisotopic (exact) mass is 184 g/mol. The predicted octanol–water partition coefficient (Wildman–Crippen LogP) is 0.981. The van der Waals surface area contributed by atoms with Crippen LogP contribution in [0.3, 0.4) is 0 Å². The highest BCUT2D eigenvalue weighted by molar-refractivity contribution is 5.84. The Hall–Kier alpha value is -0.570. The van der Waals surface area contributed by atoms with E-state index >= 15 is 0 Å². The van der Waals surface area contributed by atoms with Crippen LogP contribution in [0.15, 0.2) is 0 Å². The molecule has 0 aromatic heterocycles. The summed E-state index contributed by atoms with van der Waals surface area (Å²) in [6.07, 6.45) is 1.92. The first-order valence-corrected chi connectivity index (χ1v) is 4.93. The minimum Gasteiger partial charge on any atom is -0.369 e. The number of hydrogen-bond acceptors (Lipinski definition) is 2. The molecule has 0 saturated heterocycles. The summed E-state index contributed by atoms with van der Waals surface area (Å²) in [5, 5.41) is 0. The van der Waals surface area contributed by atoms with Gasteiger partial charge in [-0.05, 0) is 40.7 Å². The van der Waals surface area contributed by atoms with Crippen LogP contribution in [-0.2, 0) is 4.79 Å². The smallest absolute Gasteiger partial charge is 0.225 e. The number of carbonyl (C=O) groups is 1. The van der Waals surface area contributed by atoms with Gasteiger partial charge in [0.1, 0.15) is 0 Å². The van der Waals surface area contributed by atoms with Crippen LogP contribution in [0, 0.1) is 5.41 Å². The van der Waals surface area contributed by atoms with Crippen LogP contribution in [0.1, 0.15) is 33.6 Å². The third-order valence-electron chi connectivity index (χ3n) is 3.50. The van der Waals surface area contributed by atoms with E-state index in [2.05, 4.69) is 32.7 Å². The number of rotatable bonds is 4. The number of nitrogens with zero attached hydrogens (tertiary/aromatic N) is 1.